The molecule has 0 aliphatic carbocycles. The van der Waals surface area contributed by atoms with Crippen LogP contribution in [0.15, 0.2) is 194 Å². The summed E-state index contributed by atoms with van der Waals surface area (Å²) in [6.07, 6.45) is 6.09. The Morgan fingerprint density at radius 3 is 1.48 bits per heavy atom. The highest BCUT2D eigenvalue weighted by Gasteiger charge is 2.20. The number of aromatic nitrogens is 4. The average molecular weight is 694 g/mol. The number of pyridine rings is 2. The molecule has 3 aromatic heterocycles. The van der Waals surface area contributed by atoms with Crippen molar-refractivity contribution in [3.05, 3.63) is 206 Å². The molecule has 0 spiro atoms. The highest BCUT2D eigenvalue weighted by molar-refractivity contribution is 5.96. The number of hydrogen-bond acceptors (Lipinski definition) is 5. The van der Waals surface area contributed by atoms with Crippen LogP contribution in [0, 0.1) is 0 Å². The van der Waals surface area contributed by atoms with E-state index in [1.54, 1.807) is 0 Å². The minimum atomic E-state index is 0.646. The highest BCUT2D eigenvalue weighted by Crippen LogP contribution is 2.36. The summed E-state index contributed by atoms with van der Waals surface area (Å²) in [6.45, 7) is 0.665. The Morgan fingerprint density at radius 2 is 0.889 bits per heavy atom. The number of nitrogens with one attached hydrogen (secondary N) is 1. The van der Waals surface area contributed by atoms with Crippen molar-refractivity contribution in [1.82, 2.24) is 25.3 Å². The number of dihydropyridines is 1. The van der Waals surface area contributed by atoms with Crippen molar-refractivity contribution in [1.29, 1.82) is 0 Å². The minimum Gasteiger partial charge on any atom is -0.379 e. The molecular weight excluding hydrogens is 659 g/mol. The molecule has 256 valence electrons. The fourth-order valence-electron chi connectivity index (χ4n) is 6.88. The lowest BCUT2D eigenvalue weighted by Gasteiger charge is -2.20. The Hall–Kier alpha value is -7.24. The molecule has 1 aliphatic heterocycles. The van der Waals surface area contributed by atoms with Crippen molar-refractivity contribution in [2.24, 2.45) is 0 Å². The Labute approximate surface area is 315 Å². The lowest BCUT2D eigenvalue weighted by atomic mass is 9.95. The summed E-state index contributed by atoms with van der Waals surface area (Å²) in [5.74, 6) is 0.646. The van der Waals surface area contributed by atoms with Crippen molar-refractivity contribution in [3.8, 4) is 67.4 Å². The molecule has 0 fully saturated rings. The first kappa shape index (κ1) is 32.7. The summed E-state index contributed by atoms with van der Waals surface area (Å²) in [5.41, 5.74) is 14.5. The highest BCUT2D eigenvalue weighted by atomic mass is 14.9. The third-order valence-corrected chi connectivity index (χ3v) is 9.54. The van der Waals surface area contributed by atoms with E-state index in [0.29, 0.717) is 12.4 Å². The molecule has 5 heteroatoms. The second-order valence-electron chi connectivity index (χ2n) is 13.1. The Bertz CT molecular complexity index is 2500. The Balaban J connectivity index is 1.26. The van der Waals surface area contributed by atoms with Crippen LogP contribution in [0.3, 0.4) is 0 Å². The SMILES string of the molecule is C1=CC(c2cc(-c3ccccc3)nc(-c3cc(-c4ccccc4)cc(-c4ccccc4)c3)n2)=C(c2cc(-c3ccccc3)cc(-c3ccccn3)n2)NC1. The van der Waals surface area contributed by atoms with Crippen LogP contribution >= 0.6 is 0 Å². The summed E-state index contributed by atoms with van der Waals surface area (Å²) >= 11 is 0. The molecule has 0 bridgehead atoms. The molecule has 0 radical (unpaired) electrons. The van der Waals surface area contributed by atoms with Gasteiger partial charge in [0, 0.05) is 29.4 Å². The summed E-state index contributed by atoms with van der Waals surface area (Å²) in [7, 11) is 0. The van der Waals surface area contributed by atoms with Crippen LogP contribution in [0.4, 0.5) is 0 Å². The predicted octanol–water partition coefficient (Wildman–Crippen LogP) is 11.3. The molecule has 0 unspecified atom stereocenters. The molecule has 0 saturated carbocycles. The van der Waals surface area contributed by atoms with Gasteiger partial charge in [0.1, 0.15) is 0 Å². The van der Waals surface area contributed by atoms with Gasteiger partial charge < -0.3 is 5.32 Å². The van der Waals surface area contributed by atoms with Crippen molar-refractivity contribution < 1.29 is 0 Å². The quantitative estimate of drug-likeness (QED) is 0.172. The minimum absolute atomic E-state index is 0.646. The van der Waals surface area contributed by atoms with E-state index >= 15 is 0 Å². The van der Waals surface area contributed by atoms with Crippen LogP contribution in [-0.4, -0.2) is 26.5 Å². The molecule has 54 heavy (non-hydrogen) atoms. The molecule has 5 nitrogen and oxygen atoms in total. The maximum atomic E-state index is 5.36. The molecular formula is C49H35N5. The summed E-state index contributed by atoms with van der Waals surface area (Å²) in [6, 6.07) is 60.6. The zero-order valence-corrected chi connectivity index (χ0v) is 29.5. The number of hydrogen-bond donors (Lipinski definition) is 1. The van der Waals surface area contributed by atoms with Crippen molar-refractivity contribution in [3.63, 3.8) is 0 Å². The molecule has 9 rings (SSSR count). The fraction of sp³-hybridized carbons (Fsp3) is 0.0204. The Morgan fingerprint density at radius 1 is 0.370 bits per heavy atom. The van der Waals surface area contributed by atoms with Crippen molar-refractivity contribution in [2.45, 2.75) is 0 Å². The topological polar surface area (TPSA) is 63.6 Å². The van der Waals surface area contributed by atoms with Crippen LogP contribution < -0.4 is 5.32 Å². The van der Waals surface area contributed by atoms with E-state index in [1.165, 1.54) is 0 Å². The van der Waals surface area contributed by atoms with E-state index in [1.807, 2.05) is 60.8 Å². The summed E-state index contributed by atoms with van der Waals surface area (Å²) in [5, 5.41) is 3.67. The molecule has 1 N–H and O–H groups in total. The van der Waals surface area contributed by atoms with E-state index in [-0.39, 0.29) is 0 Å². The second-order valence-corrected chi connectivity index (χ2v) is 13.1. The summed E-state index contributed by atoms with van der Waals surface area (Å²) in [4.78, 5) is 20.5. The van der Waals surface area contributed by atoms with Gasteiger partial charge in [-0.15, -0.1) is 0 Å². The van der Waals surface area contributed by atoms with Crippen LogP contribution in [0.25, 0.3) is 78.7 Å². The van der Waals surface area contributed by atoms with Gasteiger partial charge in [-0.1, -0.05) is 140 Å². The van der Waals surface area contributed by atoms with Gasteiger partial charge in [-0.3, -0.25) is 4.98 Å². The zero-order valence-electron chi connectivity index (χ0n) is 29.5. The van der Waals surface area contributed by atoms with Gasteiger partial charge in [0.2, 0.25) is 0 Å². The molecule has 1 aliphatic rings. The fourth-order valence-corrected chi connectivity index (χ4v) is 6.88. The van der Waals surface area contributed by atoms with Gasteiger partial charge in [0.25, 0.3) is 0 Å². The largest absolute Gasteiger partial charge is 0.379 e. The molecule has 4 heterocycles. The molecule has 0 atom stereocenters. The molecule has 0 saturated heterocycles. The predicted molar refractivity (Wildman–Crippen MR) is 221 cm³/mol. The third-order valence-electron chi connectivity index (χ3n) is 9.54. The van der Waals surface area contributed by atoms with E-state index in [2.05, 4.69) is 144 Å². The molecule has 5 aromatic carbocycles. The van der Waals surface area contributed by atoms with Crippen LogP contribution in [0.2, 0.25) is 0 Å². The van der Waals surface area contributed by atoms with E-state index < -0.39 is 0 Å². The first-order valence-electron chi connectivity index (χ1n) is 18.1. The maximum Gasteiger partial charge on any atom is 0.160 e. The number of rotatable bonds is 8. The molecule has 0 amide bonds. The first-order chi connectivity index (χ1) is 26.7. The van der Waals surface area contributed by atoms with Crippen molar-refractivity contribution >= 4 is 11.3 Å². The number of benzene rings is 5. The van der Waals surface area contributed by atoms with Gasteiger partial charge in [-0.05, 0) is 81.9 Å². The second kappa shape index (κ2) is 14.8. The van der Waals surface area contributed by atoms with Crippen LogP contribution in [-0.2, 0) is 0 Å². The Kier molecular flexibility index (Phi) is 8.94. The monoisotopic (exact) mass is 693 g/mol. The zero-order chi connectivity index (χ0) is 36.1. The van der Waals surface area contributed by atoms with E-state index in [0.717, 1.165) is 84.2 Å². The average Bonchev–Trinajstić information content (AvgIpc) is 3.27. The van der Waals surface area contributed by atoms with Gasteiger partial charge in [-0.25, -0.2) is 15.0 Å². The normalized spacial score (nSPS) is 12.4. The standard InChI is InChI=1S/C49H35N5/c1-5-16-34(17-6-1)38-28-39(35-18-7-2-8-19-35)30-41(29-38)49-53-44(37-22-11-4-12-23-37)33-45(54-49)42-24-15-27-51-48(42)47-32-40(36-20-9-3-10-21-36)31-46(52-47)43-25-13-14-26-50-43/h1-26,28-33,51H,27H2. The van der Waals surface area contributed by atoms with Gasteiger partial charge in [-0.2, -0.15) is 0 Å². The van der Waals surface area contributed by atoms with Gasteiger partial charge >= 0.3 is 0 Å². The van der Waals surface area contributed by atoms with Crippen LogP contribution in [0.5, 0.6) is 0 Å². The maximum absolute atomic E-state index is 5.36. The lowest BCUT2D eigenvalue weighted by Crippen LogP contribution is -2.18. The number of nitrogens with zero attached hydrogens (tertiary/aromatic N) is 4. The van der Waals surface area contributed by atoms with Crippen molar-refractivity contribution in [2.75, 3.05) is 6.54 Å². The summed E-state index contributed by atoms with van der Waals surface area (Å²) < 4.78 is 0. The third kappa shape index (κ3) is 6.86. The van der Waals surface area contributed by atoms with E-state index in [9.17, 15) is 0 Å². The van der Waals surface area contributed by atoms with Crippen LogP contribution in [0.1, 0.15) is 11.4 Å². The number of allylic oxidation sites excluding steroid dienone is 2. The molecule has 8 aromatic rings. The van der Waals surface area contributed by atoms with Gasteiger partial charge in [0.15, 0.2) is 5.82 Å². The lowest BCUT2D eigenvalue weighted by molar-refractivity contribution is 0.982. The van der Waals surface area contributed by atoms with E-state index in [4.69, 9.17) is 15.0 Å². The van der Waals surface area contributed by atoms with Gasteiger partial charge in [0.05, 0.1) is 34.2 Å². The smallest absolute Gasteiger partial charge is 0.160 e. The first-order valence-corrected chi connectivity index (χ1v) is 18.1.